The average Bonchev–Trinajstić information content (AvgIpc) is 3.35. The maximum absolute atomic E-state index is 13.5. The van der Waals surface area contributed by atoms with Crippen molar-refractivity contribution in [3.8, 4) is 5.75 Å². The SMILES string of the molecule is C[C@H](NC(=O)C1(c2ccc(OCC3CCCCC3)cn2)CCCC1)c1ccc(C(=O)O)cc1. The third-order valence-corrected chi connectivity index (χ3v) is 7.33. The Morgan fingerprint density at radius 2 is 1.76 bits per heavy atom. The number of pyridine rings is 1. The van der Waals surface area contributed by atoms with Crippen LogP contribution in [0.4, 0.5) is 0 Å². The Labute approximate surface area is 195 Å². The second kappa shape index (κ2) is 10.4. The number of amides is 1. The molecule has 1 aromatic heterocycles. The predicted molar refractivity (Wildman–Crippen MR) is 126 cm³/mol. The van der Waals surface area contributed by atoms with E-state index in [0.29, 0.717) is 5.92 Å². The zero-order valence-corrected chi connectivity index (χ0v) is 19.4. The number of carbonyl (C=O) groups is 2. The smallest absolute Gasteiger partial charge is 0.335 e. The summed E-state index contributed by atoms with van der Waals surface area (Å²) in [7, 11) is 0. The number of nitrogens with one attached hydrogen (secondary N) is 1. The van der Waals surface area contributed by atoms with Gasteiger partial charge in [-0.05, 0) is 68.4 Å². The first kappa shape index (κ1) is 23.3. The molecule has 1 aromatic carbocycles. The Hall–Kier alpha value is -2.89. The number of carbonyl (C=O) groups excluding carboxylic acids is 1. The summed E-state index contributed by atoms with van der Waals surface area (Å²) in [4.78, 5) is 29.2. The van der Waals surface area contributed by atoms with E-state index in [1.165, 1.54) is 32.1 Å². The second-order valence-electron chi connectivity index (χ2n) is 9.61. The molecule has 0 unspecified atom stereocenters. The molecule has 1 heterocycles. The molecular formula is C27H34N2O4. The number of carboxylic acid groups (broad SMARTS) is 1. The third-order valence-electron chi connectivity index (χ3n) is 7.33. The minimum absolute atomic E-state index is 0.0156. The molecule has 0 spiro atoms. The summed E-state index contributed by atoms with van der Waals surface area (Å²) < 4.78 is 6.00. The van der Waals surface area contributed by atoms with Crippen molar-refractivity contribution in [2.24, 2.45) is 5.92 Å². The number of hydrogen-bond acceptors (Lipinski definition) is 4. The van der Waals surface area contributed by atoms with Crippen molar-refractivity contribution < 1.29 is 19.4 Å². The van der Waals surface area contributed by atoms with Gasteiger partial charge in [-0.1, -0.05) is 44.2 Å². The monoisotopic (exact) mass is 450 g/mol. The molecule has 6 heteroatoms. The fourth-order valence-electron chi connectivity index (χ4n) is 5.23. The first-order valence-electron chi connectivity index (χ1n) is 12.2. The Bertz CT molecular complexity index is 943. The standard InChI is InChI=1S/C27H34N2O4/c1-19(21-9-11-22(12-10-21)25(30)31)29-26(32)27(15-5-6-16-27)24-14-13-23(17-28-24)33-18-20-7-3-2-4-8-20/h9-14,17,19-20H,2-8,15-16,18H2,1H3,(H,29,32)(H,30,31)/t19-/m0/s1. The number of hydrogen-bond donors (Lipinski definition) is 2. The van der Waals surface area contributed by atoms with Gasteiger partial charge in [-0.3, -0.25) is 9.78 Å². The first-order valence-corrected chi connectivity index (χ1v) is 12.2. The minimum Gasteiger partial charge on any atom is -0.492 e. The van der Waals surface area contributed by atoms with Gasteiger partial charge in [-0.2, -0.15) is 0 Å². The lowest BCUT2D eigenvalue weighted by molar-refractivity contribution is -0.127. The lowest BCUT2D eigenvalue weighted by atomic mass is 9.81. The molecular weight excluding hydrogens is 416 g/mol. The van der Waals surface area contributed by atoms with Crippen LogP contribution < -0.4 is 10.1 Å². The van der Waals surface area contributed by atoms with Gasteiger partial charge in [0.2, 0.25) is 5.91 Å². The summed E-state index contributed by atoms with van der Waals surface area (Å²) >= 11 is 0. The summed E-state index contributed by atoms with van der Waals surface area (Å²) in [5, 5.41) is 12.2. The van der Waals surface area contributed by atoms with Crippen LogP contribution in [0.1, 0.15) is 92.4 Å². The molecule has 2 aliphatic carbocycles. The molecule has 4 rings (SSSR count). The van der Waals surface area contributed by atoms with Crippen LogP contribution in [0, 0.1) is 5.92 Å². The number of aromatic carboxylic acids is 1. The van der Waals surface area contributed by atoms with E-state index in [1.54, 1.807) is 30.5 Å². The number of rotatable bonds is 8. The van der Waals surface area contributed by atoms with E-state index < -0.39 is 11.4 Å². The molecule has 2 fully saturated rings. The van der Waals surface area contributed by atoms with E-state index in [0.717, 1.165) is 49.3 Å². The highest BCUT2D eigenvalue weighted by Gasteiger charge is 2.44. The molecule has 0 bridgehead atoms. The highest BCUT2D eigenvalue weighted by atomic mass is 16.5. The van der Waals surface area contributed by atoms with Gasteiger partial charge in [-0.25, -0.2) is 4.79 Å². The molecule has 2 aliphatic rings. The maximum atomic E-state index is 13.5. The first-order chi connectivity index (χ1) is 16.0. The van der Waals surface area contributed by atoms with Crippen LogP contribution in [0.2, 0.25) is 0 Å². The Kier molecular flexibility index (Phi) is 7.31. The summed E-state index contributed by atoms with van der Waals surface area (Å²) in [6.45, 7) is 2.66. The molecule has 2 N–H and O–H groups in total. The number of aromatic nitrogens is 1. The molecule has 1 amide bonds. The molecule has 2 aromatic rings. The summed E-state index contributed by atoms with van der Waals surface area (Å²) in [6, 6.07) is 10.3. The highest BCUT2D eigenvalue weighted by molar-refractivity contribution is 5.89. The van der Waals surface area contributed by atoms with E-state index in [-0.39, 0.29) is 17.5 Å². The fraction of sp³-hybridized carbons (Fsp3) is 0.519. The van der Waals surface area contributed by atoms with Gasteiger partial charge in [0.15, 0.2) is 0 Å². The number of benzene rings is 1. The van der Waals surface area contributed by atoms with Crippen LogP contribution in [0.5, 0.6) is 5.75 Å². The molecule has 33 heavy (non-hydrogen) atoms. The predicted octanol–water partition coefficient (Wildman–Crippen LogP) is 5.43. The third kappa shape index (κ3) is 5.37. The maximum Gasteiger partial charge on any atom is 0.335 e. The molecule has 0 radical (unpaired) electrons. The van der Waals surface area contributed by atoms with Crippen molar-refractivity contribution in [1.82, 2.24) is 10.3 Å². The average molecular weight is 451 g/mol. The van der Waals surface area contributed by atoms with Gasteiger partial charge in [0, 0.05) is 0 Å². The zero-order valence-electron chi connectivity index (χ0n) is 19.4. The molecule has 6 nitrogen and oxygen atoms in total. The van der Waals surface area contributed by atoms with Gasteiger partial charge < -0.3 is 15.2 Å². The summed E-state index contributed by atoms with van der Waals surface area (Å²) in [5.41, 5.74) is 1.29. The van der Waals surface area contributed by atoms with Crippen LogP contribution in [0.15, 0.2) is 42.6 Å². The van der Waals surface area contributed by atoms with Crippen LogP contribution in [-0.2, 0) is 10.2 Å². The van der Waals surface area contributed by atoms with Crippen LogP contribution >= 0.6 is 0 Å². The Morgan fingerprint density at radius 1 is 1.06 bits per heavy atom. The van der Waals surface area contributed by atoms with E-state index in [1.807, 2.05) is 19.1 Å². The quantitative estimate of drug-likeness (QED) is 0.560. The van der Waals surface area contributed by atoms with Crippen molar-refractivity contribution in [3.05, 3.63) is 59.4 Å². The van der Waals surface area contributed by atoms with Gasteiger partial charge in [0.25, 0.3) is 0 Å². The zero-order chi connectivity index (χ0) is 23.3. The van der Waals surface area contributed by atoms with Gasteiger partial charge in [-0.15, -0.1) is 0 Å². The topological polar surface area (TPSA) is 88.5 Å². The largest absolute Gasteiger partial charge is 0.492 e. The molecule has 2 saturated carbocycles. The van der Waals surface area contributed by atoms with Crippen molar-refractivity contribution in [2.75, 3.05) is 6.61 Å². The molecule has 0 saturated heterocycles. The van der Waals surface area contributed by atoms with E-state index in [9.17, 15) is 9.59 Å². The number of carboxylic acids is 1. The summed E-state index contributed by atoms with van der Waals surface area (Å²) in [6.07, 6.45) is 11.7. The minimum atomic E-state index is -0.958. The molecule has 1 atom stereocenters. The van der Waals surface area contributed by atoms with Crippen molar-refractivity contribution in [1.29, 1.82) is 0 Å². The number of ether oxygens (including phenoxy) is 1. The van der Waals surface area contributed by atoms with Gasteiger partial charge in [0.05, 0.1) is 35.5 Å². The van der Waals surface area contributed by atoms with Crippen LogP contribution in [0.3, 0.4) is 0 Å². The normalized spacial score (nSPS) is 19.1. The van der Waals surface area contributed by atoms with E-state index in [4.69, 9.17) is 9.84 Å². The molecule has 176 valence electrons. The summed E-state index contributed by atoms with van der Waals surface area (Å²) in [5.74, 6) is 0.430. The van der Waals surface area contributed by atoms with Gasteiger partial charge >= 0.3 is 5.97 Å². The van der Waals surface area contributed by atoms with Crippen LogP contribution in [0.25, 0.3) is 0 Å². The lowest BCUT2D eigenvalue weighted by Gasteiger charge is -2.29. The van der Waals surface area contributed by atoms with Gasteiger partial charge in [0.1, 0.15) is 5.75 Å². The Balaban J connectivity index is 1.42. The van der Waals surface area contributed by atoms with Crippen LogP contribution in [-0.4, -0.2) is 28.6 Å². The van der Waals surface area contributed by atoms with Crippen molar-refractivity contribution in [2.45, 2.75) is 76.2 Å². The fourth-order valence-corrected chi connectivity index (χ4v) is 5.23. The second-order valence-corrected chi connectivity index (χ2v) is 9.61. The van der Waals surface area contributed by atoms with Crippen molar-refractivity contribution >= 4 is 11.9 Å². The van der Waals surface area contributed by atoms with E-state index in [2.05, 4.69) is 10.3 Å². The molecule has 0 aliphatic heterocycles. The van der Waals surface area contributed by atoms with Crippen molar-refractivity contribution in [3.63, 3.8) is 0 Å². The van der Waals surface area contributed by atoms with E-state index >= 15 is 0 Å². The highest BCUT2D eigenvalue weighted by Crippen LogP contribution is 2.41. The lowest BCUT2D eigenvalue weighted by Crippen LogP contribution is -2.44. The Morgan fingerprint density at radius 3 is 2.36 bits per heavy atom. The number of nitrogens with zero attached hydrogens (tertiary/aromatic N) is 1.